The molecule has 1 heterocycles. The standard InChI is InChI=1S/C8H18N2.ClH/c1-2-10-7-3-4-8(10)5-6-9;/h8H,2-7,9H2,1H3;1H. The zero-order valence-electron chi connectivity index (χ0n) is 7.25. The Morgan fingerprint density at radius 2 is 2.27 bits per heavy atom. The van der Waals surface area contributed by atoms with Crippen LogP contribution >= 0.6 is 12.4 Å². The van der Waals surface area contributed by atoms with Crippen molar-refractivity contribution in [2.24, 2.45) is 5.73 Å². The molecule has 0 aromatic rings. The van der Waals surface area contributed by atoms with Gasteiger partial charge in [0.25, 0.3) is 0 Å². The molecular formula is C8H19ClN2. The highest BCUT2D eigenvalue weighted by atomic mass is 35.5. The molecule has 0 radical (unpaired) electrons. The number of hydrogen-bond donors (Lipinski definition) is 1. The first kappa shape index (κ1) is 11.2. The molecule has 2 N–H and O–H groups in total. The molecule has 1 aliphatic heterocycles. The van der Waals surface area contributed by atoms with Crippen molar-refractivity contribution in [1.82, 2.24) is 4.90 Å². The maximum Gasteiger partial charge on any atom is 0.0108 e. The van der Waals surface area contributed by atoms with Gasteiger partial charge in [-0.15, -0.1) is 12.4 Å². The molecule has 1 fully saturated rings. The van der Waals surface area contributed by atoms with Gasteiger partial charge in [0.2, 0.25) is 0 Å². The lowest BCUT2D eigenvalue weighted by molar-refractivity contribution is 0.258. The van der Waals surface area contributed by atoms with Crippen molar-refractivity contribution >= 4 is 12.4 Å². The van der Waals surface area contributed by atoms with E-state index in [4.69, 9.17) is 5.73 Å². The molecule has 0 saturated carbocycles. The van der Waals surface area contributed by atoms with Crippen LogP contribution in [0.4, 0.5) is 0 Å². The van der Waals surface area contributed by atoms with Gasteiger partial charge in [-0.1, -0.05) is 6.92 Å². The summed E-state index contributed by atoms with van der Waals surface area (Å²) < 4.78 is 0. The average molecular weight is 179 g/mol. The summed E-state index contributed by atoms with van der Waals surface area (Å²) in [4.78, 5) is 2.53. The van der Waals surface area contributed by atoms with Gasteiger partial charge in [0.1, 0.15) is 0 Å². The highest BCUT2D eigenvalue weighted by molar-refractivity contribution is 5.85. The largest absolute Gasteiger partial charge is 0.330 e. The van der Waals surface area contributed by atoms with E-state index in [1.54, 1.807) is 0 Å². The summed E-state index contributed by atoms with van der Waals surface area (Å²) in [5, 5.41) is 0. The zero-order chi connectivity index (χ0) is 7.40. The Morgan fingerprint density at radius 1 is 1.55 bits per heavy atom. The van der Waals surface area contributed by atoms with Crippen molar-refractivity contribution in [3.8, 4) is 0 Å². The minimum atomic E-state index is 0. The number of hydrogen-bond acceptors (Lipinski definition) is 2. The lowest BCUT2D eigenvalue weighted by atomic mass is 10.1. The number of likely N-dealkylation sites (tertiary alicyclic amines) is 1. The zero-order valence-corrected chi connectivity index (χ0v) is 8.07. The quantitative estimate of drug-likeness (QED) is 0.705. The third-order valence-corrected chi connectivity index (χ3v) is 2.41. The normalized spacial score (nSPS) is 25.1. The molecule has 0 spiro atoms. The predicted molar refractivity (Wildman–Crippen MR) is 51.2 cm³/mol. The van der Waals surface area contributed by atoms with Crippen molar-refractivity contribution < 1.29 is 0 Å². The fraction of sp³-hybridized carbons (Fsp3) is 1.00. The topological polar surface area (TPSA) is 29.3 Å². The van der Waals surface area contributed by atoms with Crippen LogP contribution in [0.1, 0.15) is 26.2 Å². The molecule has 1 saturated heterocycles. The molecule has 1 atom stereocenters. The Kier molecular flexibility index (Phi) is 5.92. The second kappa shape index (κ2) is 5.81. The van der Waals surface area contributed by atoms with Crippen molar-refractivity contribution in [1.29, 1.82) is 0 Å². The van der Waals surface area contributed by atoms with Crippen molar-refractivity contribution in [2.75, 3.05) is 19.6 Å². The second-order valence-corrected chi connectivity index (χ2v) is 3.00. The molecule has 0 aromatic carbocycles. The summed E-state index contributed by atoms with van der Waals surface area (Å²) in [6, 6.07) is 0.801. The molecule has 1 aliphatic rings. The Hall–Kier alpha value is 0.210. The van der Waals surface area contributed by atoms with Gasteiger partial charge in [-0.2, -0.15) is 0 Å². The Balaban J connectivity index is 0.000001000. The first-order chi connectivity index (χ1) is 4.88. The number of rotatable bonds is 3. The van der Waals surface area contributed by atoms with E-state index in [-0.39, 0.29) is 12.4 Å². The van der Waals surface area contributed by atoms with Gasteiger partial charge in [-0.05, 0) is 38.9 Å². The van der Waals surface area contributed by atoms with E-state index in [0.29, 0.717) is 0 Å². The van der Waals surface area contributed by atoms with Gasteiger partial charge < -0.3 is 10.6 Å². The van der Waals surface area contributed by atoms with E-state index in [2.05, 4.69) is 11.8 Å². The van der Waals surface area contributed by atoms with Crippen LogP contribution in [0.5, 0.6) is 0 Å². The lowest BCUT2D eigenvalue weighted by Gasteiger charge is -2.21. The minimum Gasteiger partial charge on any atom is -0.330 e. The monoisotopic (exact) mass is 178 g/mol. The summed E-state index contributed by atoms with van der Waals surface area (Å²) >= 11 is 0. The lowest BCUT2D eigenvalue weighted by Crippen LogP contribution is -2.30. The van der Waals surface area contributed by atoms with Crippen molar-refractivity contribution in [3.05, 3.63) is 0 Å². The molecule has 68 valence electrons. The van der Waals surface area contributed by atoms with Gasteiger partial charge in [0.05, 0.1) is 0 Å². The Morgan fingerprint density at radius 3 is 2.82 bits per heavy atom. The van der Waals surface area contributed by atoms with Crippen LogP contribution in [-0.4, -0.2) is 30.6 Å². The van der Waals surface area contributed by atoms with Crippen LogP contribution in [0.25, 0.3) is 0 Å². The third kappa shape index (κ3) is 2.97. The number of nitrogens with zero attached hydrogens (tertiary/aromatic N) is 1. The fourth-order valence-corrected chi connectivity index (χ4v) is 1.83. The molecular weight excluding hydrogens is 160 g/mol. The minimum absolute atomic E-state index is 0. The smallest absolute Gasteiger partial charge is 0.0108 e. The second-order valence-electron chi connectivity index (χ2n) is 3.00. The van der Waals surface area contributed by atoms with Gasteiger partial charge in [-0.25, -0.2) is 0 Å². The van der Waals surface area contributed by atoms with Crippen LogP contribution in [0.3, 0.4) is 0 Å². The molecule has 0 aliphatic carbocycles. The summed E-state index contributed by atoms with van der Waals surface area (Å²) in [7, 11) is 0. The maximum atomic E-state index is 5.50. The Bertz CT molecular complexity index is 98.1. The molecule has 2 nitrogen and oxygen atoms in total. The van der Waals surface area contributed by atoms with E-state index in [9.17, 15) is 0 Å². The molecule has 3 heteroatoms. The van der Waals surface area contributed by atoms with E-state index >= 15 is 0 Å². The highest BCUT2D eigenvalue weighted by Gasteiger charge is 2.21. The molecule has 1 rings (SSSR count). The summed E-state index contributed by atoms with van der Waals surface area (Å²) in [6.07, 6.45) is 3.93. The van der Waals surface area contributed by atoms with Gasteiger partial charge in [-0.3, -0.25) is 0 Å². The summed E-state index contributed by atoms with van der Waals surface area (Å²) in [6.45, 7) is 5.57. The summed E-state index contributed by atoms with van der Waals surface area (Å²) in [5.74, 6) is 0. The van der Waals surface area contributed by atoms with Crippen molar-refractivity contribution in [2.45, 2.75) is 32.2 Å². The van der Waals surface area contributed by atoms with Crippen LogP contribution in [0.15, 0.2) is 0 Å². The summed E-state index contributed by atoms with van der Waals surface area (Å²) in [5.41, 5.74) is 5.50. The first-order valence-electron chi connectivity index (χ1n) is 4.32. The van der Waals surface area contributed by atoms with Crippen LogP contribution in [0.2, 0.25) is 0 Å². The number of halogens is 1. The molecule has 1 unspecified atom stereocenters. The third-order valence-electron chi connectivity index (χ3n) is 2.41. The first-order valence-corrected chi connectivity index (χ1v) is 4.32. The SMILES string of the molecule is CCN1CCCC1CCN.Cl. The predicted octanol–water partition coefficient (Wildman–Crippen LogP) is 1.24. The van der Waals surface area contributed by atoms with Gasteiger partial charge in [0.15, 0.2) is 0 Å². The van der Waals surface area contributed by atoms with Gasteiger partial charge in [0, 0.05) is 6.04 Å². The maximum absolute atomic E-state index is 5.50. The van der Waals surface area contributed by atoms with Crippen LogP contribution in [-0.2, 0) is 0 Å². The van der Waals surface area contributed by atoms with E-state index in [1.807, 2.05) is 0 Å². The molecule has 0 aromatic heterocycles. The van der Waals surface area contributed by atoms with Crippen LogP contribution < -0.4 is 5.73 Å². The van der Waals surface area contributed by atoms with Gasteiger partial charge >= 0.3 is 0 Å². The van der Waals surface area contributed by atoms with E-state index in [0.717, 1.165) is 12.6 Å². The van der Waals surface area contributed by atoms with Crippen molar-refractivity contribution in [3.63, 3.8) is 0 Å². The molecule has 0 amide bonds. The molecule has 11 heavy (non-hydrogen) atoms. The fourth-order valence-electron chi connectivity index (χ4n) is 1.83. The number of nitrogens with two attached hydrogens (primary N) is 1. The Labute approximate surface area is 75.5 Å². The molecule has 0 bridgehead atoms. The van der Waals surface area contributed by atoms with E-state index < -0.39 is 0 Å². The van der Waals surface area contributed by atoms with Crippen LogP contribution in [0, 0.1) is 0 Å². The van der Waals surface area contributed by atoms with E-state index in [1.165, 1.54) is 32.4 Å². The highest BCUT2D eigenvalue weighted by Crippen LogP contribution is 2.18. The average Bonchev–Trinajstić information content (AvgIpc) is 2.36.